The maximum Gasteiger partial charge on any atom is 0.257 e. The van der Waals surface area contributed by atoms with Crippen LogP contribution < -0.4 is 10.6 Å². The molecule has 3 aromatic rings. The molecule has 154 valence electrons. The fourth-order valence-corrected chi connectivity index (χ4v) is 2.94. The van der Waals surface area contributed by atoms with Crippen LogP contribution in [0.5, 0.6) is 0 Å². The number of benzene rings is 2. The summed E-state index contributed by atoms with van der Waals surface area (Å²) in [6, 6.07) is 18.7. The highest BCUT2D eigenvalue weighted by atomic mass is 35.5. The monoisotopic (exact) mass is 420 g/mol. The Morgan fingerprint density at radius 3 is 2.33 bits per heavy atom. The molecule has 0 radical (unpaired) electrons. The van der Waals surface area contributed by atoms with Gasteiger partial charge in [0.15, 0.2) is 0 Å². The number of nitrogens with one attached hydrogen (secondary N) is 2. The Morgan fingerprint density at radius 2 is 1.70 bits per heavy atom. The molecule has 0 saturated carbocycles. The standard InChI is InChI=1S/C24H25ClN4O/c1-3-17(2)19-6-10-22(11-7-19)28-24(27-16-18-12-14-26-15-13-18)29-23(30)20-4-8-21(25)9-5-20/h4-15,17H,3,16H2,1-2H3,(H2,27,28,29,30)/t17-/m0/s1. The lowest BCUT2D eigenvalue weighted by Gasteiger charge is -2.14. The first-order chi connectivity index (χ1) is 14.5. The molecule has 3 rings (SSSR count). The normalized spacial score (nSPS) is 12.3. The summed E-state index contributed by atoms with van der Waals surface area (Å²) in [5.74, 6) is 0.621. The quantitative estimate of drug-likeness (QED) is 0.400. The maximum atomic E-state index is 12.7. The van der Waals surface area contributed by atoms with Gasteiger partial charge < -0.3 is 5.32 Å². The molecule has 0 spiro atoms. The molecular formula is C24H25ClN4O. The van der Waals surface area contributed by atoms with Crippen molar-refractivity contribution in [3.05, 3.63) is 94.8 Å². The third-order valence-electron chi connectivity index (χ3n) is 4.86. The van der Waals surface area contributed by atoms with Crippen LogP contribution >= 0.6 is 11.6 Å². The van der Waals surface area contributed by atoms with E-state index in [1.807, 2.05) is 24.3 Å². The average Bonchev–Trinajstić information content (AvgIpc) is 2.78. The first-order valence-electron chi connectivity index (χ1n) is 9.92. The molecule has 6 heteroatoms. The van der Waals surface area contributed by atoms with Crippen molar-refractivity contribution in [1.29, 1.82) is 0 Å². The highest BCUT2D eigenvalue weighted by molar-refractivity contribution is 6.30. The van der Waals surface area contributed by atoms with Gasteiger partial charge in [-0.3, -0.25) is 15.1 Å². The summed E-state index contributed by atoms with van der Waals surface area (Å²) in [6.07, 6.45) is 4.53. The minimum absolute atomic E-state index is 0.260. The lowest BCUT2D eigenvalue weighted by molar-refractivity contribution is 0.0977. The van der Waals surface area contributed by atoms with Crippen LogP contribution in [-0.4, -0.2) is 16.9 Å². The Morgan fingerprint density at radius 1 is 1.03 bits per heavy atom. The number of hydrogen-bond donors (Lipinski definition) is 2. The number of nitrogens with zero attached hydrogens (tertiary/aromatic N) is 2. The average molecular weight is 421 g/mol. The molecule has 1 aromatic heterocycles. The van der Waals surface area contributed by atoms with E-state index >= 15 is 0 Å². The first-order valence-corrected chi connectivity index (χ1v) is 10.3. The molecule has 1 amide bonds. The number of guanidine groups is 1. The van der Waals surface area contributed by atoms with E-state index in [1.54, 1.807) is 36.7 Å². The van der Waals surface area contributed by atoms with Gasteiger partial charge in [0.25, 0.3) is 5.91 Å². The predicted molar refractivity (Wildman–Crippen MR) is 123 cm³/mol. The maximum absolute atomic E-state index is 12.7. The van der Waals surface area contributed by atoms with Gasteiger partial charge >= 0.3 is 0 Å². The minimum Gasteiger partial charge on any atom is -0.326 e. The van der Waals surface area contributed by atoms with E-state index in [-0.39, 0.29) is 5.91 Å². The largest absolute Gasteiger partial charge is 0.326 e. The molecule has 30 heavy (non-hydrogen) atoms. The molecular weight excluding hydrogens is 396 g/mol. The van der Waals surface area contributed by atoms with E-state index < -0.39 is 0 Å². The van der Waals surface area contributed by atoms with Crippen LogP contribution in [0, 0.1) is 0 Å². The van der Waals surface area contributed by atoms with Gasteiger partial charge in [-0.1, -0.05) is 37.6 Å². The van der Waals surface area contributed by atoms with Gasteiger partial charge in [0.05, 0.1) is 6.54 Å². The van der Waals surface area contributed by atoms with E-state index in [2.05, 4.69) is 46.6 Å². The van der Waals surface area contributed by atoms with Gasteiger partial charge in [0.1, 0.15) is 0 Å². The van der Waals surface area contributed by atoms with Crippen LogP contribution in [0.3, 0.4) is 0 Å². The summed E-state index contributed by atoms with van der Waals surface area (Å²) in [7, 11) is 0. The second kappa shape index (κ2) is 10.6. The van der Waals surface area contributed by atoms with Crippen LogP contribution in [0.1, 0.15) is 47.7 Å². The molecule has 0 saturated heterocycles. The molecule has 0 unspecified atom stereocenters. The van der Waals surface area contributed by atoms with Crippen LogP contribution in [0.4, 0.5) is 5.69 Å². The first kappa shape index (κ1) is 21.5. The van der Waals surface area contributed by atoms with Gasteiger partial charge in [-0.15, -0.1) is 0 Å². The smallest absolute Gasteiger partial charge is 0.257 e. The summed E-state index contributed by atoms with van der Waals surface area (Å²) < 4.78 is 0. The SMILES string of the molecule is CC[C@H](C)c1ccc(NC(=NCc2ccncc2)NC(=O)c2ccc(Cl)cc2)cc1. The lowest BCUT2D eigenvalue weighted by Crippen LogP contribution is -2.36. The number of carbonyl (C=O) groups excluding carboxylic acids is 1. The fraction of sp³-hybridized carbons (Fsp3) is 0.208. The van der Waals surface area contributed by atoms with Crippen LogP contribution in [0.15, 0.2) is 78.0 Å². The molecule has 2 N–H and O–H groups in total. The van der Waals surface area contributed by atoms with E-state index in [1.165, 1.54) is 5.56 Å². The van der Waals surface area contributed by atoms with Crippen LogP contribution in [-0.2, 0) is 6.54 Å². The molecule has 0 bridgehead atoms. The number of aliphatic imine (C=N–C) groups is 1. The summed E-state index contributed by atoms with van der Waals surface area (Å²) in [6.45, 7) is 4.79. The van der Waals surface area contributed by atoms with Crippen molar-refractivity contribution in [2.75, 3.05) is 5.32 Å². The third-order valence-corrected chi connectivity index (χ3v) is 5.11. The van der Waals surface area contributed by atoms with E-state index in [0.29, 0.717) is 29.0 Å². The van der Waals surface area contributed by atoms with Gasteiger partial charge in [0, 0.05) is 28.7 Å². The Labute approximate surface area is 182 Å². The molecule has 2 aromatic carbocycles. The van der Waals surface area contributed by atoms with Crippen molar-refractivity contribution in [2.45, 2.75) is 32.7 Å². The number of halogens is 1. The highest BCUT2D eigenvalue weighted by Crippen LogP contribution is 2.20. The van der Waals surface area contributed by atoms with Crippen molar-refractivity contribution >= 4 is 29.2 Å². The summed E-state index contributed by atoms with van der Waals surface area (Å²) in [4.78, 5) is 21.3. The zero-order valence-corrected chi connectivity index (χ0v) is 17.9. The summed E-state index contributed by atoms with van der Waals surface area (Å²) in [5.41, 5.74) is 3.64. The predicted octanol–water partition coefficient (Wildman–Crippen LogP) is 5.65. The third kappa shape index (κ3) is 6.16. The molecule has 5 nitrogen and oxygen atoms in total. The van der Waals surface area contributed by atoms with Crippen molar-refractivity contribution in [1.82, 2.24) is 10.3 Å². The molecule has 0 aliphatic rings. The number of hydrogen-bond acceptors (Lipinski definition) is 3. The highest BCUT2D eigenvalue weighted by Gasteiger charge is 2.10. The van der Waals surface area contributed by atoms with Crippen molar-refractivity contribution in [2.24, 2.45) is 4.99 Å². The van der Waals surface area contributed by atoms with E-state index in [9.17, 15) is 4.79 Å². The molecule has 0 aliphatic carbocycles. The van der Waals surface area contributed by atoms with Gasteiger partial charge in [-0.25, -0.2) is 4.99 Å². The zero-order chi connectivity index (χ0) is 21.3. The Balaban J connectivity index is 1.78. The molecule has 1 atom stereocenters. The topological polar surface area (TPSA) is 66.4 Å². The number of anilines is 1. The number of amides is 1. The van der Waals surface area contributed by atoms with Crippen molar-refractivity contribution in [3.63, 3.8) is 0 Å². The van der Waals surface area contributed by atoms with Gasteiger partial charge in [0.2, 0.25) is 5.96 Å². The van der Waals surface area contributed by atoms with Crippen molar-refractivity contribution in [3.8, 4) is 0 Å². The number of aromatic nitrogens is 1. The zero-order valence-electron chi connectivity index (χ0n) is 17.1. The molecule has 0 aliphatic heterocycles. The number of carbonyl (C=O) groups is 1. The van der Waals surface area contributed by atoms with Crippen LogP contribution in [0.25, 0.3) is 0 Å². The number of rotatable bonds is 6. The Hall–Kier alpha value is -3.18. The number of pyridine rings is 1. The summed E-state index contributed by atoms with van der Waals surface area (Å²) in [5, 5.41) is 6.66. The second-order valence-corrected chi connectivity index (χ2v) is 7.47. The van der Waals surface area contributed by atoms with E-state index in [0.717, 1.165) is 17.7 Å². The molecule has 0 fully saturated rings. The Bertz CT molecular complexity index is 986. The van der Waals surface area contributed by atoms with Gasteiger partial charge in [-0.05, 0) is 72.0 Å². The lowest BCUT2D eigenvalue weighted by atomic mass is 9.99. The fourth-order valence-electron chi connectivity index (χ4n) is 2.82. The van der Waals surface area contributed by atoms with Gasteiger partial charge in [-0.2, -0.15) is 0 Å². The second-order valence-electron chi connectivity index (χ2n) is 7.04. The summed E-state index contributed by atoms with van der Waals surface area (Å²) >= 11 is 5.92. The molecule has 1 heterocycles. The minimum atomic E-state index is -0.260. The van der Waals surface area contributed by atoms with Crippen LogP contribution in [0.2, 0.25) is 5.02 Å². The van der Waals surface area contributed by atoms with E-state index in [4.69, 9.17) is 11.6 Å². The van der Waals surface area contributed by atoms with Crippen molar-refractivity contribution < 1.29 is 4.79 Å². The Kier molecular flexibility index (Phi) is 7.57.